The van der Waals surface area contributed by atoms with Crippen LogP contribution in [0, 0.1) is 0 Å². The van der Waals surface area contributed by atoms with Gasteiger partial charge >= 0.3 is 0 Å². The SMILES string of the molecule is CC(=O)NC1CCC(NC2CCN(S(=O)(=O)N3CCOCC3)CC2)CC1. The Labute approximate surface area is 156 Å². The summed E-state index contributed by atoms with van der Waals surface area (Å²) >= 11 is 0. The van der Waals surface area contributed by atoms with Crippen LogP contribution in [0.4, 0.5) is 0 Å². The van der Waals surface area contributed by atoms with Crippen LogP contribution < -0.4 is 10.6 Å². The topological polar surface area (TPSA) is 91.0 Å². The van der Waals surface area contributed by atoms with Gasteiger partial charge in [-0.25, -0.2) is 0 Å². The number of hydrogen-bond donors (Lipinski definition) is 2. The van der Waals surface area contributed by atoms with E-state index in [1.165, 1.54) is 0 Å². The molecule has 9 heteroatoms. The van der Waals surface area contributed by atoms with Gasteiger partial charge in [-0.3, -0.25) is 4.79 Å². The molecule has 0 aromatic heterocycles. The molecule has 1 aliphatic carbocycles. The molecule has 3 rings (SSSR count). The highest BCUT2D eigenvalue weighted by Gasteiger charge is 2.34. The van der Waals surface area contributed by atoms with Crippen molar-refractivity contribution in [3.63, 3.8) is 0 Å². The molecule has 1 saturated carbocycles. The van der Waals surface area contributed by atoms with E-state index in [2.05, 4.69) is 10.6 Å². The summed E-state index contributed by atoms with van der Waals surface area (Å²) in [5.41, 5.74) is 0. The molecule has 0 aromatic rings. The number of nitrogens with zero attached hydrogens (tertiary/aromatic N) is 2. The zero-order valence-electron chi connectivity index (χ0n) is 15.7. The van der Waals surface area contributed by atoms with Crippen molar-refractivity contribution in [3.05, 3.63) is 0 Å². The first-order valence-corrected chi connectivity index (χ1v) is 11.2. The second kappa shape index (κ2) is 8.97. The number of rotatable bonds is 5. The summed E-state index contributed by atoms with van der Waals surface area (Å²) in [6, 6.07) is 1.17. The van der Waals surface area contributed by atoms with Crippen molar-refractivity contribution < 1.29 is 17.9 Å². The standard InChI is InChI=1S/C17H32N4O4S/c1-14(22)18-15-2-4-16(5-3-15)19-17-6-8-20(9-7-17)26(23,24)21-10-12-25-13-11-21/h15-17,19H,2-13H2,1H3,(H,18,22). The number of morpholine rings is 1. The van der Waals surface area contributed by atoms with Crippen molar-refractivity contribution in [3.8, 4) is 0 Å². The minimum absolute atomic E-state index is 0.0512. The van der Waals surface area contributed by atoms with Crippen LogP contribution >= 0.6 is 0 Å². The van der Waals surface area contributed by atoms with Crippen LogP contribution in [0.25, 0.3) is 0 Å². The van der Waals surface area contributed by atoms with Crippen LogP contribution in [0.1, 0.15) is 45.4 Å². The number of carbonyl (C=O) groups excluding carboxylic acids is 1. The molecule has 26 heavy (non-hydrogen) atoms. The molecule has 3 fully saturated rings. The van der Waals surface area contributed by atoms with Gasteiger partial charge in [-0.1, -0.05) is 0 Å². The highest BCUT2D eigenvalue weighted by Crippen LogP contribution is 2.22. The van der Waals surface area contributed by atoms with E-state index in [0.29, 0.717) is 57.5 Å². The highest BCUT2D eigenvalue weighted by atomic mass is 32.2. The fourth-order valence-corrected chi connectivity index (χ4v) is 5.83. The Hall–Kier alpha value is -0.740. The molecule has 3 aliphatic rings. The summed E-state index contributed by atoms with van der Waals surface area (Å²) in [4.78, 5) is 11.1. The molecule has 0 atom stereocenters. The summed E-state index contributed by atoms with van der Waals surface area (Å²) in [5, 5.41) is 6.72. The smallest absolute Gasteiger partial charge is 0.282 e. The van der Waals surface area contributed by atoms with Gasteiger partial charge in [0.1, 0.15) is 0 Å². The Morgan fingerprint density at radius 2 is 1.35 bits per heavy atom. The summed E-state index contributed by atoms with van der Waals surface area (Å²) in [5.74, 6) is 0.0512. The molecular weight excluding hydrogens is 356 g/mol. The maximum absolute atomic E-state index is 12.7. The van der Waals surface area contributed by atoms with E-state index in [9.17, 15) is 13.2 Å². The minimum atomic E-state index is -3.34. The van der Waals surface area contributed by atoms with Gasteiger partial charge in [-0.2, -0.15) is 17.0 Å². The lowest BCUT2D eigenvalue weighted by Crippen LogP contribution is -2.53. The van der Waals surface area contributed by atoms with Gasteiger partial charge in [0.05, 0.1) is 13.2 Å². The van der Waals surface area contributed by atoms with E-state index in [4.69, 9.17) is 4.74 Å². The molecule has 2 N–H and O–H groups in total. The highest BCUT2D eigenvalue weighted by molar-refractivity contribution is 7.86. The third-order valence-corrected chi connectivity index (χ3v) is 7.72. The molecule has 8 nitrogen and oxygen atoms in total. The van der Waals surface area contributed by atoms with Gasteiger partial charge in [0, 0.05) is 51.2 Å². The molecule has 0 unspecified atom stereocenters. The first-order chi connectivity index (χ1) is 12.4. The largest absolute Gasteiger partial charge is 0.379 e. The van der Waals surface area contributed by atoms with Crippen LogP contribution in [0.2, 0.25) is 0 Å². The maximum atomic E-state index is 12.7. The fraction of sp³-hybridized carbons (Fsp3) is 0.941. The van der Waals surface area contributed by atoms with Crippen molar-refractivity contribution in [1.82, 2.24) is 19.2 Å². The van der Waals surface area contributed by atoms with Crippen molar-refractivity contribution in [2.24, 2.45) is 0 Å². The molecule has 150 valence electrons. The zero-order valence-corrected chi connectivity index (χ0v) is 16.5. The third kappa shape index (κ3) is 5.16. The van der Waals surface area contributed by atoms with Crippen molar-refractivity contribution >= 4 is 16.1 Å². The van der Waals surface area contributed by atoms with Gasteiger partial charge in [0.15, 0.2) is 0 Å². The molecular formula is C17H32N4O4S. The number of amides is 1. The van der Waals surface area contributed by atoms with E-state index in [1.807, 2.05) is 0 Å². The number of hydrogen-bond acceptors (Lipinski definition) is 5. The van der Waals surface area contributed by atoms with E-state index < -0.39 is 10.2 Å². The summed E-state index contributed by atoms with van der Waals surface area (Å²) < 4.78 is 33.8. The van der Waals surface area contributed by atoms with Crippen molar-refractivity contribution in [2.75, 3.05) is 39.4 Å². The second-order valence-electron chi connectivity index (χ2n) is 7.61. The van der Waals surface area contributed by atoms with E-state index in [-0.39, 0.29) is 5.91 Å². The fourth-order valence-electron chi connectivity index (χ4n) is 4.22. The van der Waals surface area contributed by atoms with E-state index in [1.54, 1.807) is 15.5 Å². The molecule has 2 saturated heterocycles. The van der Waals surface area contributed by atoms with Crippen LogP contribution in [0.5, 0.6) is 0 Å². The predicted molar refractivity (Wildman–Crippen MR) is 98.9 cm³/mol. The summed E-state index contributed by atoms with van der Waals surface area (Å²) in [7, 11) is -3.34. The average Bonchev–Trinajstić information content (AvgIpc) is 2.64. The molecule has 0 spiro atoms. The Bertz CT molecular complexity index is 563. The second-order valence-corrected chi connectivity index (χ2v) is 9.54. The molecule has 1 amide bonds. The van der Waals surface area contributed by atoms with Gasteiger partial charge in [-0.05, 0) is 38.5 Å². The third-order valence-electron chi connectivity index (χ3n) is 5.68. The van der Waals surface area contributed by atoms with E-state index >= 15 is 0 Å². The van der Waals surface area contributed by atoms with Gasteiger partial charge in [-0.15, -0.1) is 0 Å². The molecule has 2 aliphatic heterocycles. The first kappa shape index (κ1) is 20.0. The number of ether oxygens (including phenoxy) is 1. The Balaban J connectivity index is 1.41. The van der Waals surface area contributed by atoms with Crippen LogP contribution in [0.15, 0.2) is 0 Å². The Kier molecular flexibility index (Phi) is 6.90. The van der Waals surface area contributed by atoms with Crippen LogP contribution in [0.3, 0.4) is 0 Å². The predicted octanol–water partition coefficient (Wildman–Crippen LogP) is 0.0647. The van der Waals surface area contributed by atoms with Crippen molar-refractivity contribution in [2.45, 2.75) is 63.6 Å². The lowest BCUT2D eigenvalue weighted by Gasteiger charge is -2.38. The molecule has 0 aromatic carbocycles. The van der Waals surface area contributed by atoms with Gasteiger partial charge in [0.25, 0.3) is 10.2 Å². The molecule has 2 heterocycles. The van der Waals surface area contributed by atoms with Crippen LogP contribution in [-0.2, 0) is 19.7 Å². The normalized spacial score (nSPS) is 30.2. The maximum Gasteiger partial charge on any atom is 0.282 e. The van der Waals surface area contributed by atoms with E-state index in [0.717, 1.165) is 38.5 Å². The van der Waals surface area contributed by atoms with Crippen LogP contribution in [-0.4, -0.2) is 80.5 Å². The average molecular weight is 389 g/mol. The Morgan fingerprint density at radius 3 is 1.92 bits per heavy atom. The summed E-state index contributed by atoms with van der Waals surface area (Å²) in [6.07, 6.45) is 5.88. The lowest BCUT2D eigenvalue weighted by molar-refractivity contribution is -0.119. The molecule has 0 bridgehead atoms. The Morgan fingerprint density at radius 1 is 0.846 bits per heavy atom. The number of nitrogens with one attached hydrogen (secondary N) is 2. The zero-order chi connectivity index (χ0) is 18.6. The monoisotopic (exact) mass is 388 g/mol. The lowest BCUT2D eigenvalue weighted by atomic mass is 9.90. The summed E-state index contributed by atoms with van der Waals surface area (Å²) in [6.45, 7) is 4.62. The van der Waals surface area contributed by atoms with Gasteiger partial charge in [0.2, 0.25) is 5.91 Å². The minimum Gasteiger partial charge on any atom is -0.379 e. The molecule has 0 radical (unpaired) electrons. The number of carbonyl (C=O) groups is 1. The van der Waals surface area contributed by atoms with Gasteiger partial charge < -0.3 is 15.4 Å². The van der Waals surface area contributed by atoms with Crippen molar-refractivity contribution in [1.29, 1.82) is 0 Å². The number of piperidine rings is 1. The first-order valence-electron chi connectivity index (χ1n) is 9.81. The quantitative estimate of drug-likeness (QED) is 0.695.